The van der Waals surface area contributed by atoms with Crippen LogP contribution < -0.4 is 15.2 Å². The molecule has 0 radical (unpaired) electrons. The fourth-order valence-corrected chi connectivity index (χ4v) is 1.71. The topological polar surface area (TPSA) is 97.1 Å². The molecule has 0 saturated heterocycles. The van der Waals surface area contributed by atoms with Gasteiger partial charge in [-0.2, -0.15) is 13.1 Å². The molecule has 0 spiro atoms. The van der Waals surface area contributed by atoms with Crippen molar-refractivity contribution < 1.29 is 8.42 Å². The predicted octanol–water partition coefficient (Wildman–Crippen LogP) is -0.713. The van der Waals surface area contributed by atoms with Crippen LogP contribution in [0, 0.1) is 0 Å². The Hall–Kier alpha value is -1.18. The van der Waals surface area contributed by atoms with Crippen LogP contribution in [0.15, 0.2) is 24.5 Å². The van der Waals surface area contributed by atoms with Crippen molar-refractivity contribution in [1.82, 2.24) is 9.71 Å². The van der Waals surface area contributed by atoms with Crippen LogP contribution in [0.25, 0.3) is 0 Å². The number of hydrogen-bond acceptors (Lipinski definition) is 4. The lowest BCUT2D eigenvalue weighted by Crippen LogP contribution is -2.33. The van der Waals surface area contributed by atoms with Gasteiger partial charge in [0.2, 0.25) is 0 Å². The maximum Gasteiger partial charge on any atom is 0.299 e. The standard InChI is InChI=1S/C7H12N4O2S/c8-3-6-10-14(12,13)11-7-1-4-9-5-2-7/h1-2,4-5,10H,3,6,8H2,(H,9,11). The molecule has 0 aliphatic carbocycles. The smallest absolute Gasteiger partial charge is 0.299 e. The maximum atomic E-state index is 11.3. The largest absolute Gasteiger partial charge is 0.329 e. The van der Waals surface area contributed by atoms with Crippen LogP contribution in [-0.4, -0.2) is 26.5 Å². The molecule has 1 aromatic rings. The first-order chi connectivity index (χ1) is 6.64. The first-order valence-corrected chi connectivity index (χ1v) is 5.50. The Labute approximate surface area is 82.7 Å². The highest BCUT2D eigenvalue weighted by Gasteiger charge is 2.07. The summed E-state index contributed by atoms with van der Waals surface area (Å²) in [7, 11) is -3.50. The molecule has 6 nitrogen and oxygen atoms in total. The van der Waals surface area contributed by atoms with Gasteiger partial charge in [-0.1, -0.05) is 0 Å². The molecule has 78 valence electrons. The summed E-state index contributed by atoms with van der Waals surface area (Å²) in [6.07, 6.45) is 3.00. The van der Waals surface area contributed by atoms with Crippen LogP contribution in [0.5, 0.6) is 0 Å². The van der Waals surface area contributed by atoms with E-state index in [9.17, 15) is 8.42 Å². The van der Waals surface area contributed by atoms with Gasteiger partial charge in [-0.3, -0.25) is 9.71 Å². The zero-order valence-corrected chi connectivity index (χ0v) is 8.29. The maximum absolute atomic E-state index is 11.3. The van der Waals surface area contributed by atoms with Gasteiger partial charge in [-0.25, -0.2) is 0 Å². The van der Waals surface area contributed by atoms with E-state index in [-0.39, 0.29) is 13.1 Å². The summed E-state index contributed by atoms with van der Waals surface area (Å²) in [5, 5.41) is 0. The van der Waals surface area contributed by atoms with Gasteiger partial charge in [0.05, 0.1) is 5.69 Å². The van der Waals surface area contributed by atoms with Gasteiger partial charge in [0, 0.05) is 25.5 Å². The van der Waals surface area contributed by atoms with Crippen molar-refractivity contribution >= 4 is 15.9 Å². The summed E-state index contributed by atoms with van der Waals surface area (Å²) in [4.78, 5) is 3.76. The quantitative estimate of drug-likeness (QED) is 0.605. The number of nitrogens with two attached hydrogens (primary N) is 1. The molecule has 1 aromatic heterocycles. The zero-order valence-electron chi connectivity index (χ0n) is 7.47. The minimum atomic E-state index is -3.50. The van der Waals surface area contributed by atoms with Crippen molar-refractivity contribution in [3.63, 3.8) is 0 Å². The van der Waals surface area contributed by atoms with E-state index < -0.39 is 10.2 Å². The second-order valence-electron chi connectivity index (χ2n) is 2.52. The summed E-state index contributed by atoms with van der Waals surface area (Å²) in [5.41, 5.74) is 5.63. The fourth-order valence-electron chi connectivity index (χ4n) is 0.804. The second-order valence-corrected chi connectivity index (χ2v) is 4.02. The fraction of sp³-hybridized carbons (Fsp3) is 0.286. The van der Waals surface area contributed by atoms with Crippen LogP contribution >= 0.6 is 0 Å². The van der Waals surface area contributed by atoms with E-state index in [1.165, 1.54) is 12.4 Å². The van der Waals surface area contributed by atoms with E-state index in [1.54, 1.807) is 12.1 Å². The molecule has 0 fully saturated rings. The van der Waals surface area contributed by atoms with Crippen LogP contribution in [0.4, 0.5) is 5.69 Å². The van der Waals surface area contributed by atoms with Crippen molar-refractivity contribution in [2.24, 2.45) is 5.73 Å². The third-order valence-corrected chi connectivity index (χ3v) is 2.46. The second kappa shape index (κ2) is 4.89. The molecule has 1 rings (SSSR count). The summed E-state index contributed by atoms with van der Waals surface area (Å²) < 4.78 is 27.1. The summed E-state index contributed by atoms with van der Waals surface area (Å²) in [5.74, 6) is 0. The zero-order chi connectivity index (χ0) is 10.4. The molecule has 0 atom stereocenters. The Balaban J connectivity index is 2.60. The van der Waals surface area contributed by atoms with E-state index in [1.807, 2.05) is 0 Å². The Bertz CT molecular complexity index is 365. The molecule has 0 aliphatic heterocycles. The predicted molar refractivity (Wildman–Crippen MR) is 53.8 cm³/mol. The lowest BCUT2D eigenvalue weighted by molar-refractivity contribution is 0.587. The van der Waals surface area contributed by atoms with Gasteiger partial charge < -0.3 is 5.73 Å². The number of aromatic nitrogens is 1. The van der Waals surface area contributed by atoms with Crippen molar-refractivity contribution in [3.05, 3.63) is 24.5 Å². The number of rotatable bonds is 5. The Kier molecular flexibility index (Phi) is 3.81. The molecule has 4 N–H and O–H groups in total. The highest BCUT2D eigenvalue weighted by atomic mass is 32.2. The molecule has 0 unspecified atom stereocenters. The lowest BCUT2D eigenvalue weighted by atomic mass is 10.4. The molecule has 0 aliphatic rings. The van der Waals surface area contributed by atoms with Gasteiger partial charge in [-0.05, 0) is 12.1 Å². The van der Waals surface area contributed by atoms with Crippen molar-refractivity contribution in [3.8, 4) is 0 Å². The molecule has 0 saturated carbocycles. The highest BCUT2D eigenvalue weighted by Crippen LogP contribution is 2.04. The minimum Gasteiger partial charge on any atom is -0.329 e. The summed E-state index contributed by atoms with van der Waals surface area (Å²) in [6, 6.07) is 3.11. The van der Waals surface area contributed by atoms with E-state index >= 15 is 0 Å². The van der Waals surface area contributed by atoms with Crippen LogP contribution in [0.1, 0.15) is 0 Å². The third-order valence-electron chi connectivity index (χ3n) is 1.37. The molecule has 0 bridgehead atoms. The first kappa shape index (κ1) is 10.9. The van der Waals surface area contributed by atoms with Crippen molar-refractivity contribution in [2.45, 2.75) is 0 Å². The molecule has 0 amide bonds. The average Bonchev–Trinajstić information content (AvgIpc) is 2.16. The van der Waals surface area contributed by atoms with Crippen LogP contribution in [0.3, 0.4) is 0 Å². The van der Waals surface area contributed by atoms with Crippen molar-refractivity contribution in [1.29, 1.82) is 0 Å². The van der Waals surface area contributed by atoms with E-state index in [2.05, 4.69) is 14.4 Å². The van der Waals surface area contributed by atoms with Gasteiger partial charge in [-0.15, -0.1) is 0 Å². The first-order valence-electron chi connectivity index (χ1n) is 4.01. The number of hydrogen-bond donors (Lipinski definition) is 3. The number of nitrogens with zero attached hydrogens (tertiary/aromatic N) is 1. The summed E-state index contributed by atoms with van der Waals surface area (Å²) in [6.45, 7) is 0.470. The molecular formula is C7H12N4O2S. The summed E-state index contributed by atoms with van der Waals surface area (Å²) >= 11 is 0. The van der Waals surface area contributed by atoms with E-state index in [0.717, 1.165) is 0 Å². The Morgan fingerprint density at radius 2 is 2.00 bits per heavy atom. The van der Waals surface area contributed by atoms with Gasteiger partial charge in [0.1, 0.15) is 0 Å². The van der Waals surface area contributed by atoms with Crippen molar-refractivity contribution in [2.75, 3.05) is 17.8 Å². The SMILES string of the molecule is NCCNS(=O)(=O)Nc1ccncc1. The third kappa shape index (κ3) is 3.69. The van der Waals surface area contributed by atoms with E-state index in [0.29, 0.717) is 5.69 Å². The molecule has 0 aromatic carbocycles. The molecule has 7 heteroatoms. The van der Waals surface area contributed by atoms with Crippen LogP contribution in [0.2, 0.25) is 0 Å². The molecular weight excluding hydrogens is 204 g/mol. The Morgan fingerprint density at radius 1 is 1.36 bits per heavy atom. The lowest BCUT2D eigenvalue weighted by Gasteiger charge is -2.07. The average molecular weight is 216 g/mol. The number of pyridine rings is 1. The van der Waals surface area contributed by atoms with Gasteiger partial charge in [0.15, 0.2) is 0 Å². The highest BCUT2D eigenvalue weighted by molar-refractivity contribution is 7.90. The van der Waals surface area contributed by atoms with Gasteiger partial charge in [0.25, 0.3) is 10.2 Å². The van der Waals surface area contributed by atoms with Gasteiger partial charge >= 0.3 is 0 Å². The monoisotopic (exact) mass is 216 g/mol. The number of nitrogens with one attached hydrogen (secondary N) is 2. The van der Waals surface area contributed by atoms with E-state index in [4.69, 9.17) is 5.73 Å². The Morgan fingerprint density at radius 3 is 2.57 bits per heavy atom. The minimum absolute atomic E-state index is 0.209. The van der Waals surface area contributed by atoms with Crippen LogP contribution in [-0.2, 0) is 10.2 Å². The normalized spacial score (nSPS) is 11.2. The molecule has 1 heterocycles. The molecule has 14 heavy (non-hydrogen) atoms. The number of anilines is 1.